The van der Waals surface area contributed by atoms with Crippen LogP contribution < -0.4 is 10.4 Å². The highest BCUT2D eigenvalue weighted by Crippen LogP contribution is 2.19. The average molecular weight is 349 g/mol. The smallest absolute Gasteiger partial charge is 0.220 e. The summed E-state index contributed by atoms with van der Waals surface area (Å²) in [7, 11) is 0. The largest absolute Gasteiger partial charge is 0.548 e. The summed E-state index contributed by atoms with van der Waals surface area (Å²) in [6, 6.07) is 16.2. The van der Waals surface area contributed by atoms with Crippen LogP contribution in [0.4, 0.5) is 0 Å². The van der Waals surface area contributed by atoms with Crippen LogP contribution in [0.25, 0.3) is 10.9 Å². The van der Waals surface area contributed by atoms with E-state index in [0.29, 0.717) is 6.42 Å². The topological polar surface area (TPSA) is 85.0 Å². The van der Waals surface area contributed by atoms with E-state index in [0.717, 1.165) is 28.5 Å². The molecule has 0 unspecified atom stereocenters. The third kappa shape index (κ3) is 4.51. The van der Waals surface area contributed by atoms with Gasteiger partial charge in [-0.3, -0.25) is 4.79 Å². The van der Waals surface area contributed by atoms with E-state index in [1.165, 1.54) is 0 Å². The Morgan fingerprint density at radius 2 is 1.77 bits per heavy atom. The summed E-state index contributed by atoms with van der Waals surface area (Å²) >= 11 is 0. The minimum atomic E-state index is -1.26. The normalized spacial score (nSPS) is 12.0. The molecule has 2 aromatic carbocycles. The lowest BCUT2D eigenvalue weighted by molar-refractivity contribution is -0.308. The van der Waals surface area contributed by atoms with Gasteiger partial charge < -0.3 is 20.2 Å². The van der Waals surface area contributed by atoms with Crippen LogP contribution in [0.5, 0.6) is 0 Å². The van der Waals surface area contributed by atoms with Gasteiger partial charge in [0.1, 0.15) is 0 Å². The maximum atomic E-state index is 12.1. The standard InChI is InChI=1S/C21H22N2O3/c24-20(23-19(21(25)26)13-15-7-2-1-3-8-15)12-6-9-16-14-22-18-11-5-4-10-17(16)18/h1-5,7-8,10-11,14,19,22H,6,9,12-13H2,(H,23,24)(H,25,26)/p-1/t19-/m1/s1. The van der Waals surface area contributed by atoms with Gasteiger partial charge in [-0.25, -0.2) is 0 Å². The predicted molar refractivity (Wildman–Crippen MR) is 98.3 cm³/mol. The highest BCUT2D eigenvalue weighted by Gasteiger charge is 2.14. The van der Waals surface area contributed by atoms with E-state index in [2.05, 4.69) is 10.3 Å². The molecule has 0 saturated carbocycles. The first-order valence-corrected chi connectivity index (χ1v) is 8.72. The number of nitrogens with one attached hydrogen (secondary N) is 2. The molecule has 0 spiro atoms. The molecule has 5 nitrogen and oxygen atoms in total. The fourth-order valence-corrected chi connectivity index (χ4v) is 3.09. The van der Waals surface area contributed by atoms with Gasteiger partial charge in [-0.05, 0) is 36.5 Å². The van der Waals surface area contributed by atoms with Crippen LogP contribution in [0.2, 0.25) is 0 Å². The van der Waals surface area contributed by atoms with Crippen molar-refractivity contribution >= 4 is 22.8 Å². The minimum absolute atomic E-state index is 0.220. The van der Waals surface area contributed by atoms with Crippen molar-refractivity contribution in [2.24, 2.45) is 0 Å². The Labute approximate surface area is 152 Å². The molecular formula is C21H21N2O3-. The molecule has 0 saturated heterocycles. The zero-order valence-corrected chi connectivity index (χ0v) is 14.4. The van der Waals surface area contributed by atoms with Gasteiger partial charge in [-0.1, -0.05) is 48.5 Å². The third-order valence-electron chi connectivity index (χ3n) is 4.43. The third-order valence-corrected chi connectivity index (χ3v) is 4.43. The second-order valence-electron chi connectivity index (χ2n) is 6.34. The Hall–Kier alpha value is -3.08. The van der Waals surface area contributed by atoms with Crippen LogP contribution >= 0.6 is 0 Å². The van der Waals surface area contributed by atoms with Crippen LogP contribution in [0.1, 0.15) is 24.0 Å². The van der Waals surface area contributed by atoms with Gasteiger partial charge in [0.2, 0.25) is 5.91 Å². The molecule has 134 valence electrons. The molecule has 3 rings (SSSR count). The van der Waals surface area contributed by atoms with E-state index in [1.807, 2.05) is 60.8 Å². The van der Waals surface area contributed by atoms with Crippen molar-refractivity contribution in [3.8, 4) is 0 Å². The monoisotopic (exact) mass is 349 g/mol. The summed E-state index contributed by atoms with van der Waals surface area (Å²) in [5.74, 6) is -1.53. The molecule has 0 fully saturated rings. The second kappa shape index (κ2) is 8.34. The molecule has 5 heteroatoms. The molecule has 1 amide bonds. The second-order valence-corrected chi connectivity index (χ2v) is 6.34. The first-order chi connectivity index (χ1) is 12.6. The number of carbonyl (C=O) groups is 2. The first-order valence-electron chi connectivity index (χ1n) is 8.72. The van der Waals surface area contributed by atoms with Gasteiger partial charge in [-0.15, -0.1) is 0 Å². The van der Waals surface area contributed by atoms with Gasteiger partial charge >= 0.3 is 0 Å². The van der Waals surface area contributed by atoms with Crippen LogP contribution in [0, 0.1) is 0 Å². The molecule has 0 aliphatic rings. The number of rotatable bonds is 8. The van der Waals surface area contributed by atoms with Crippen LogP contribution in [0.3, 0.4) is 0 Å². The fraction of sp³-hybridized carbons (Fsp3) is 0.238. The van der Waals surface area contributed by atoms with Crippen molar-refractivity contribution in [2.75, 3.05) is 0 Å². The predicted octanol–water partition coefficient (Wildman–Crippen LogP) is 1.97. The summed E-state index contributed by atoms with van der Waals surface area (Å²) in [6.45, 7) is 0. The number of aliphatic carboxylic acids is 1. The lowest BCUT2D eigenvalue weighted by Crippen LogP contribution is -2.49. The zero-order valence-electron chi connectivity index (χ0n) is 14.4. The van der Waals surface area contributed by atoms with E-state index in [4.69, 9.17) is 0 Å². The summed E-state index contributed by atoms with van der Waals surface area (Å²) in [4.78, 5) is 26.7. The quantitative estimate of drug-likeness (QED) is 0.652. The summed E-state index contributed by atoms with van der Waals surface area (Å²) in [5, 5.41) is 15.0. The van der Waals surface area contributed by atoms with Gasteiger partial charge in [-0.2, -0.15) is 0 Å². The Bertz CT molecular complexity index is 886. The first kappa shape index (κ1) is 17.7. The minimum Gasteiger partial charge on any atom is -0.548 e. The Balaban J connectivity index is 1.51. The number of carboxylic acid groups (broad SMARTS) is 1. The Morgan fingerprint density at radius 1 is 1.04 bits per heavy atom. The number of hydrogen-bond donors (Lipinski definition) is 2. The summed E-state index contributed by atoms with van der Waals surface area (Å²) < 4.78 is 0. The van der Waals surface area contributed by atoms with Crippen LogP contribution in [-0.4, -0.2) is 22.9 Å². The number of H-pyrrole nitrogens is 1. The van der Waals surface area contributed by atoms with Gasteiger partial charge in [0.05, 0.1) is 12.0 Å². The van der Waals surface area contributed by atoms with E-state index in [-0.39, 0.29) is 18.7 Å². The molecule has 0 radical (unpaired) electrons. The SMILES string of the molecule is O=C(CCCc1c[nH]c2ccccc12)N[C@H](Cc1ccccc1)C(=O)[O-]. The van der Waals surface area contributed by atoms with Crippen LogP contribution in [0.15, 0.2) is 60.8 Å². The molecule has 1 aromatic heterocycles. The van der Waals surface area contributed by atoms with E-state index < -0.39 is 12.0 Å². The zero-order chi connectivity index (χ0) is 18.4. The number of para-hydroxylation sites is 1. The van der Waals surface area contributed by atoms with E-state index in [9.17, 15) is 14.7 Å². The van der Waals surface area contributed by atoms with E-state index >= 15 is 0 Å². The molecule has 1 heterocycles. The number of aromatic amines is 1. The molecule has 0 aliphatic carbocycles. The van der Waals surface area contributed by atoms with Crippen molar-refractivity contribution in [2.45, 2.75) is 31.7 Å². The molecule has 0 bridgehead atoms. The summed E-state index contributed by atoms with van der Waals surface area (Å²) in [6.07, 6.45) is 3.86. The van der Waals surface area contributed by atoms with Gasteiger partial charge in [0.25, 0.3) is 0 Å². The number of aryl methyl sites for hydroxylation is 1. The number of carboxylic acids is 1. The van der Waals surface area contributed by atoms with Crippen LogP contribution in [-0.2, 0) is 22.4 Å². The van der Waals surface area contributed by atoms with Crippen molar-refractivity contribution in [1.29, 1.82) is 0 Å². The Kier molecular flexibility index (Phi) is 5.69. The molecule has 3 aromatic rings. The number of fused-ring (bicyclic) bond motifs is 1. The van der Waals surface area contributed by atoms with Crippen molar-refractivity contribution < 1.29 is 14.7 Å². The summed E-state index contributed by atoms with van der Waals surface area (Å²) in [5.41, 5.74) is 3.08. The van der Waals surface area contributed by atoms with Crippen molar-refractivity contribution in [3.05, 3.63) is 71.9 Å². The number of aromatic nitrogens is 1. The number of benzene rings is 2. The molecule has 26 heavy (non-hydrogen) atoms. The maximum Gasteiger partial charge on any atom is 0.220 e. The van der Waals surface area contributed by atoms with Gasteiger partial charge in [0.15, 0.2) is 0 Å². The number of carbonyl (C=O) groups excluding carboxylic acids is 2. The van der Waals surface area contributed by atoms with Crippen molar-refractivity contribution in [1.82, 2.24) is 10.3 Å². The van der Waals surface area contributed by atoms with Crippen molar-refractivity contribution in [3.63, 3.8) is 0 Å². The fourth-order valence-electron chi connectivity index (χ4n) is 3.09. The average Bonchev–Trinajstić information content (AvgIpc) is 3.05. The molecule has 2 N–H and O–H groups in total. The highest BCUT2D eigenvalue weighted by atomic mass is 16.4. The van der Waals surface area contributed by atoms with Gasteiger partial charge in [0, 0.05) is 23.5 Å². The lowest BCUT2D eigenvalue weighted by atomic mass is 10.0. The Morgan fingerprint density at radius 3 is 2.54 bits per heavy atom. The van der Waals surface area contributed by atoms with E-state index in [1.54, 1.807) is 0 Å². The number of amides is 1. The lowest BCUT2D eigenvalue weighted by Gasteiger charge is -2.19. The number of hydrogen-bond acceptors (Lipinski definition) is 3. The molecule has 0 aliphatic heterocycles. The highest BCUT2D eigenvalue weighted by molar-refractivity contribution is 5.84. The maximum absolute atomic E-state index is 12.1. The molecular weight excluding hydrogens is 328 g/mol. The molecule has 1 atom stereocenters.